The number of rotatable bonds is 5. The Kier molecular flexibility index (Phi) is 5.46. The average Bonchev–Trinajstić information content (AvgIpc) is 2.64. The van der Waals surface area contributed by atoms with Crippen LogP contribution in [-0.4, -0.2) is 35.6 Å². The van der Waals surface area contributed by atoms with Crippen LogP contribution in [0.15, 0.2) is 36.4 Å². The summed E-state index contributed by atoms with van der Waals surface area (Å²) in [5.41, 5.74) is 2.32. The Morgan fingerprint density at radius 2 is 2.00 bits per heavy atom. The van der Waals surface area contributed by atoms with Crippen LogP contribution in [-0.2, 0) is 22.4 Å². The van der Waals surface area contributed by atoms with Gasteiger partial charge in [-0.25, -0.2) is 9.59 Å². The van der Waals surface area contributed by atoms with Gasteiger partial charge in [0.05, 0.1) is 12.2 Å². The number of hydrogen-bond acceptors (Lipinski definition) is 4. The third-order valence-corrected chi connectivity index (χ3v) is 4.90. The first-order chi connectivity index (χ1) is 12.9. The summed E-state index contributed by atoms with van der Waals surface area (Å²) in [5, 5.41) is 12.3. The zero-order valence-corrected chi connectivity index (χ0v) is 15.4. The number of esters is 1. The number of fused-ring (bicyclic) bond motifs is 1. The van der Waals surface area contributed by atoms with E-state index in [0.717, 1.165) is 5.56 Å². The van der Waals surface area contributed by atoms with E-state index in [9.17, 15) is 19.5 Å². The van der Waals surface area contributed by atoms with Crippen LogP contribution in [0.5, 0.6) is 0 Å². The molecule has 2 aromatic carbocycles. The van der Waals surface area contributed by atoms with Gasteiger partial charge >= 0.3 is 11.9 Å². The summed E-state index contributed by atoms with van der Waals surface area (Å²) in [6, 6.07) is 9.38. The van der Waals surface area contributed by atoms with Crippen molar-refractivity contribution in [2.45, 2.75) is 25.8 Å². The van der Waals surface area contributed by atoms with E-state index in [1.54, 1.807) is 31.2 Å². The van der Waals surface area contributed by atoms with Crippen molar-refractivity contribution in [2.75, 3.05) is 6.61 Å². The first kappa shape index (κ1) is 18.9. The van der Waals surface area contributed by atoms with Crippen LogP contribution in [0.4, 0.5) is 0 Å². The van der Waals surface area contributed by atoms with Gasteiger partial charge in [0.2, 0.25) is 0 Å². The molecule has 0 radical (unpaired) electrons. The summed E-state index contributed by atoms with van der Waals surface area (Å²) in [6.45, 7) is 1.87. The van der Waals surface area contributed by atoms with Crippen molar-refractivity contribution in [3.63, 3.8) is 0 Å². The van der Waals surface area contributed by atoms with Crippen LogP contribution >= 0.6 is 11.6 Å². The highest BCUT2D eigenvalue weighted by Gasteiger charge is 2.28. The van der Waals surface area contributed by atoms with Gasteiger partial charge in [0, 0.05) is 23.4 Å². The molecule has 6 nitrogen and oxygen atoms in total. The van der Waals surface area contributed by atoms with Gasteiger partial charge in [0.15, 0.2) is 0 Å². The highest BCUT2D eigenvalue weighted by molar-refractivity contribution is 6.32. The predicted molar refractivity (Wildman–Crippen MR) is 99.2 cm³/mol. The van der Waals surface area contributed by atoms with Crippen LogP contribution in [0.3, 0.4) is 0 Å². The van der Waals surface area contributed by atoms with Crippen molar-refractivity contribution >= 4 is 29.4 Å². The van der Waals surface area contributed by atoms with Crippen molar-refractivity contribution in [3.05, 3.63) is 69.2 Å². The smallest absolute Gasteiger partial charge is 0.338 e. The molecule has 2 aromatic rings. The fourth-order valence-corrected chi connectivity index (χ4v) is 3.46. The summed E-state index contributed by atoms with van der Waals surface area (Å²) >= 11 is 6.25. The molecule has 27 heavy (non-hydrogen) atoms. The number of ether oxygens (including phenoxy) is 1. The van der Waals surface area contributed by atoms with Gasteiger partial charge in [-0.15, -0.1) is 0 Å². The quantitative estimate of drug-likeness (QED) is 0.769. The molecule has 0 saturated heterocycles. The molecule has 1 amide bonds. The maximum atomic E-state index is 12.7. The third-order valence-electron chi connectivity index (χ3n) is 4.56. The number of carboxylic acid groups (broad SMARTS) is 1. The summed E-state index contributed by atoms with van der Waals surface area (Å²) in [7, 11) is 0. The molecule has 7 heteroatoms. The number of nitrogens with one attached hydrogen (secondary N) is 1. The minimum atomic E-state index is -1.15. The number of carboxylic acids is 1. The normalized spacial score (nSPS) is 14.1. The van der Waals surface area contributed by atoms with E-state index in [-0.39, 0.29) is 24.2 Å². The minimum absolute atomic E-state index is 0.141. The Labute approximate surface area is 161 Å². The Hall–Kier alpha value is -2.86. The van der Waals surface area contributed by atoms with E-state index in [1.807, 2.05) is 6.07 Å². The minimum Gasteiger partial charge on any atom is -0.480 e. The maximum absolute atomic E-state index is 12.7. The van der Waals surface area contributed by atoms with Gasteiger partial charge in [-0.3, -0.25) is 4.79 Å². The summed E-state index contributed by atoms with van der Waals surface area (Å²) < 4.78 is 5.05. The van der Waals surface area contributed by atoms with Crippen molar-refractivity contribution in [3.8, 4) is 0 Å². The number of cyclic esters (lactones) is 1. The molecule has 0 unspecified atom stereocenters. The van der Waals surface area contributed by atoms with Gasteiger partial charge in [-0.1, -0.05) is 41.9 Å². The van der Waals surface area contributed by atoms with Crippen LogP contribution < -0.4 is 5.32 Å². The van der Waals surface area contributed by atoms with Crippen LogP contribution in [0.1, 0.15) is 37.4 Å². The number of carbonyl (C=O) groups excluding carboxylic acids is 2. The van der Waals surface area contributed by atoms with Crippen molar-refractivity contribution in [1.29, 1.82) is 0 Å². The number of halogens is 1. The monoisotopic (exact) mass is 387 g/mol. The van der Waals surface area contributed by atoms with E-state index in [2.05, 4.69) is 5.32 Å². The third kappa shape index (κ3) is 3.95. The first-order valence-electron chi connectivity index (χ1n) is 8.45. The van der Waals surface area contributed by atoms with Crippen molar-refractivity contribution in [1.82, 2.24) is 5.32 Å². The molecule has 0 aromatic heterocycles. The standard InChI is InChI=1S/C20H18ClNO5/c1-11-14(10-15(21)13-7-8-27-20(26)17(11)13)18(23)22-16(19(24)25)9-12-5-3-2-4-6-12/h2-6,10,16H,7-9H2,1H3,(H,22,23)(H,24,25)/t16-/m0/s1. The molecule has 0 fully saturated rings. The molecule has 1 aliphatic heterocycles. The van der Waals surface area contributed by atoms with Gasteiger partial charge < -0.3 is 15.2 Å². The highest BCUT2D eigenvalue weighted by Crippen LogP contribution is 2.30. The largest absolute Gasteiger partial charge is 0.480 e. The van der Waals surface area contributed by atoms with Gasteiger partial charge in [0.1, 0.15) is 6.04 Å². The maximum Gasteiger partial charge on any atom is 0.338 e. The lowest BCUT2D eigenvalue weighted by Gasteiger charge is -2.22. The fourth-order valence-electron chi connectivity index (χ4n) is 3.16. The van der Waals surface area contributed by atoms with E-state index >= 15 is 0 Å². The molecular weight excluding hydrogens is 370 g/mol. The van der Waals surface area contributed by atoms with Gasteiger partial charge in [-0.05, 0) is 29.7 Å². The molecule has 0 saturated carbocycles. The number of hydrogen-bond donors (Lipinski definition) is 2. The van der Waals surface area contributed by atoms with Crippen molar-refractivity contribution < 1.29 is 24.2 Å². The molecule has 1 atom stereocenters. The number of benzene rings is 2. The van der Waals surface area contributed by atoms with Gasteiger partial charge in [-0.2, -0.15) is 0 Å². The molecular formula is C20H18ClNO5. The van der Waals surface area contributed by atoms with E-state index in [0.29, 0.717) is 22.6 Å². The zero-order chi connectivity index (χ0) is 19.6. The SMILES string of the molecule is Cc1c(C(=O)N[C@@H](Cc2ccccc2)C(=O)O)cc(Cl)c2c1C(=O)OCC2. The Morgan fingerprint density at radius 3 is 2.67 bits per heavy atom. The number of aliphatic carboxylic acids is 1. The topological polar surface area (TPSA) is 92.7 Å². The molecule has 2 N–H and O–H groups in total. The molecule has 0 aliphatic carbocycles. The lowest BCUT2D eigenvalue weighted by Crippen LogP contribution is -2.42. The highest BCUT2D eigenvalue weighted by atomic mass is 35.5. The fraction of sp³-hybridized carbons (Fsp3) is 0.250. The van der Waals surface area contributed by atoms with Crippen molar-refractivity contribution in [2.24, 2.45) is 0 Å². The summed E-state index contributed by atoms with van der Waals surface area (Å²) in [6.07, 6.45) is 0.621. The van der Waals surface area contributed by atoms with E-state index in [1.165, 1.54) is 6.07 Å². The molecule has 140 valence electrons. The van der Waals surface area contributed by atoms with Crippen LogP contribution in [0.2, 0.25) is 5.02 Å². The molecule has 1 aliphatic rings. The first-order valence-corrected chi connectivity index (χ1v) is 8.83. The molecule has 3 rings (SSSR count). The van der Waals surface area contributed by atoms with Crippen LogP contribution in [0.25, 0.3) is 0 Å². The summed E-state index contributed by atoms with van der Waals surface area (Å²) in [4.78, 5) is 36.4. The second-order valence-electron chi connectivity index (χ2n) is 6.32. The zero-order valence-electron chi connectivity index (χ0n) is 14.6. The second-order valence-corrected chi connectivity index (χ2v) is 6.73. The summed E-state index contributed by atoms with van der Waals surface area (Å²) in [5.74, 6) is -2.27. The number of amides is 1. The van der Waals surface area contributed by atoms with Gasteiger partial charge in [0.25, 0.3) is 5.91 Å². The molecule has 0 spiro atoms. The van der Waals surface area contributed by atoms with E-state index < -0.39 is 23.9 Å². The Bertz CT molecular complexity index is 910. The molecule has 0 bridgehead atoms. The lowest BCUT2D eigenvalue weighted by molar-refractivity contribution is -0.139. The predicted octanol–water partition coefficient (Wildman–Crippen LogP) is 2.79. The Morgan fingerprint density at radius 1 is 1.30 bits per heavy atom. The van der Waals surface area contributed by atoms with E-state index in [4.69, 9.17) is 16.3 Å². The Balaban J connectivity index is 1.89. The lowest BCUT2D eigenvalue weighted by atomic mass is 9.93. The average molecular weight is 388 g/mol. The molecule has 1 heterocycles. The van der Waals surface area contributed by atoms with Crippen LogP contribution in [0, 0.1) is 6.92 Å². The number of carbonyl (C=O) groups is 3. The second kappa shape index (κ2) is 7.80.